The molecule has 0 heterocycles. The molecule has 0 amide bonds. The van der Waals surface area contributed by atoms with Crippen molar-refractivity contribution in [1.29, 1.82) is 0 Å². The second kappa shape index (κ2) is 8.69. The van der Waals surface area contributed by atoms with E-state index in [0.717, 1.165) is 6.92 Å². The first-order chi connectivity index (χ1) is 6.81. The van der Waals surface area contributed by atoms with Crippen LogP contribution in [-0.2, 0) is 4.74 Å². The summed E-state index contributed by atoms with van der Waals surface area (Å²) >= 11 is 0. The van der Waals surface area contributed by atoms with E-state index >= 15 is 0 Å². The van der Waals surface area contributed by atoms with Crippen LogP contribution in [0.25, 0.3) is 0 Å². The van der Waals surface area contributed by atoms with Crippen molar-refractivity contribution in [2.45, 2.75) is 74.1 Å². The van der Waals surface area contributed by atoms with Gasteiger partial charge in [0.15, 0.2) is 0 Å². The molecule has 1 unspecified atom stereocenters. The maximum atomic E-state index is 13.4. The van der Waals surface area contributed by atoms with Gasteiger partial charge in [-0.1, -0.05) is 29.7 Å². The van der Waals surface area contributed by atoms with E-state index < -0.39 is 30.2 Å². The third-order valence-corrected chi connectivity index (χ3v) is 1.86. The topological polar surface area (TPSA) is 9.23 Å². The van der Waals surface area contributed by atoms with Gasteiger partial charge < -0.3 is 4.74 Å². The van der Waals surface area contributed by atoms with E-state index in [1.165, 1.54) is 0 Å². The van der Waals surface area contributed by atoms with Gasteiger partial charge in [0.25, 0.3) is 0 Å². The molecule has 0 saturated heterocycles. The number of halogens is 7. The Morgan fingerprint density at radius 2 is 1.00 bits per heavy atom. The van der Waals surface area contributed by atoms with E-state index in [1.54, 1.807) is 0 Å². The fourth-order valence-electron chi connectivity index (χ4n) is 0.974. The zero-order valence-electron chi connectivity index (χ0n) is 8.76. The summed E-state index contributed by atoms with van der Waals surface area (Å²) in [6.45, 7) is -0.566. The first-order valence-corrected chi connectivity index (χ1v) is 4.27. The van der Waals surface area contributed by atoms with Gasteiger partial charge in [0, 0.05) is 20.5 Å². The standard InChI is InChI=1S/C8H11F7O.4CH4/c1-4-16-8(15,6(3,11)12)7(13,14)5(2,9)10;;;;/h4H2,1-3H3;4*1H4. The fourth-order valence-corrected chi connectivity index (χ4v) is 0.974. The quantitative estimate of drug-likeness (QED) is 0.550. The van der Waals surface area contributed by atoms with Gasteiger partial charge in [-0.3, -0.25) is 0 Å². The lowest BCUT2D eigenvalue weighted by atomic mass is 9.99. The number of alkyl halides is 7. The van der Waals surface area contributed by atoms with Crippen LogP contribution in [0.2, 0.25) is 0 Å². The van der Waals surface area contributed by atoms with Gasteiger partial charge in [-0.05, 0) is 6.92 Å². The molecule has 0 aromatic carbocycles. The average molecular weight is 320 g/mol. The third-order valence-electron chi connectivity index (χ3n) is 1.86. The highest BCUT2D eigenvalue weighted by Gasteiger charge is 2.77. The van der Waals surface area contributed by atoms with E-state index in [2.05, 4.69) is 4.74 Å². The molecule has 0 aliphatic rings. The predicted octanol–water partition coefficient (Wildman–Crippen LogP) is 6.18. The van der Waals surface area contributed by atoms with Crippen LogP contribution < -0.4 is 0 Å². The summed E-state index contributed by atoms with van der Waals surface area (Å²) in [5, 5.41) is 0. The lowest BCUT2D eigenvalue weighted by Crippen LogP contribution is -2.64. The van der Waals surface area contributed by atoms with E-state index in [0.29, 0.717) is 0 Å². The smallest absolute Gasteiger partial charge is 0.337 e. The van der Waals surface area contributed by atoms with Gasteiger partial charge in [0.1, 0.15) is 0 Å². The van der Waals surface area contributed by atoms with E-state index in [9.17, 15) is 30.7 Å². The van der Waals surface area contributed by atoms with Crippen LogP contribution in [0.4, 0.5) is 30.7 Å². The molecule has 8 heteroatoms. The molecule has 1 atom stereocenters. The van der Waals surface area contributed by atoms with Crippen LogP contribution in [0, 0.1) is 0 Å². The summed E-state index contributed by atoms with van der Waals surface area (Å²) in [6.07, 6.45) is 0. The summed E-state index contributed by atoms with van der Waals surface area (Å²) in [5.41, 5.74) is 0. The number of hydrogen-bond donors (Lipinski definition) is 0. The number of hydrogen-bond acceptors (Lipinski definition) is 1. The molecule has 0 fully saturated rings. The van der Waals surface area contributed by atoms with E-state index in [-0.39, 0.29) is 43.6 Å². The molecule has 0 radical (unpaired) electrons. The molecule has 0 aromatic rings. The summed E-state index contributed by atoms with van der Waals surface area (Å²) in [4.78, 5) is 0. The number of rotatable bonds is 5. The second-order valence-electron chi connectivity index (χ2n) is 3.38. The van der Waals surface area contributed by atoms with Gasteiger partial charge in [-0.15, -0.1) is 0 Å². The van der Waals surface area contributed by atoms with Gasteiger partial charge in [-0.25, -0.2) is 8.78 Å². The Hall–Kier alpha value is -0.530. The highest BCUT2D eigenvalue weighted by molar-refractivity contribution is 5.01. The van der Waals surface area contributed by atoms with Crippen molar-refractivity contribution in [3.8, 4) is 0 Å². The third kappa shape index (κ3) is 5.10. The van der Waals surface area contributed by atoms with Crippen molar-refractivity contribution in [3.05, 3.63) is 0 Å². The molecule has 0 bridgehead atoms. The molecule has 1 nitrogen and oxygen atoms in total. The molecular formula is C12H27F7O. The van der Waals surface area contributed by atoms with Gasteiger partial charge in [0.05, 0.1) is 0 Å². The van der Waals surface area contributed by atoms with Crippen molar-refractivity contribution < 1.29 is 35.5 Å². The van der Waals surface area contributed by atoms with Crippen molar-refractivity contribution in [2.75, 3.05) is 6.61 Å². The molecule has 0 aliphatic carbocycles. The van der Waals surface area contributed by atoms with Crippen LogP contribution >= 0.6 is 0 Å². The zero-order valence-corrected chi connectivity index (χ0v) is 8.76. The van der Waals surface area contributed by atoms with Crippen molar-refractivity contribution in [2.24, 2.45) is 0 Å². The Balaban J connectivity index is -0.000000187. The Labute approximate surface area is 117 Å². The van der Waals surface area contributed by atoms with Crippen molar-refractivity contribution in [1.82, 2.24) is 0 Å². The molecule has 0 aromatic heterocycles. The first kappa shape index (κ1) is 31.7. The first-order valence-electron chi connectivity index (χ1n) is 4.27. The molecule has 0 N–H and O–H groups in total. The van der Waals surface area contributed by atoms with E-state index in [4.69, 9.17) is 0 Å². The largest absolute Gasteiger partial charge is 0.373 e. The number of ether oxygens (including phenoxy) is 1. The maximum absolute atomic E-state index is 13.4. The zero-order chi connectivity index (χ0) is 13.4. The molecule has 0 saturated carbocycles. The molecule has 130 valence electrons. The summed E-state index contributed by atoms with van der Waals surface area (Å²) in [7, 11) is 0. The summed E-state index contributed by atoms with van der Waals surface area (Å²) < 4.78 is 93.0. The van der Waals surface area contributed by atoms with Crippen LogP contribution in [0.3, 0.4) is 0 Å². The average Bonchev–Trinajstić information content (AvgIpc) is 1.99. The van der Waals surface area contributed by atoms with Crippen LogP contribution in [0.1, 0.15) is 50.5 Å². The highest BCUT2D eigenvalue weighted by Crippen LogP contribution is 2.51. The highest BCUT2D eigenvalue weighted by atomic mass is 19.3. The summed E-state index contributed by atoms with van der Waals surface area (Å²) in [5.74, 6) is -20.4. The fraction of sp³-hybridized carbons (Fsp3) is 1.00. The van der Waals surface area contributed by atoms with Gasteiger partial charge in [-0.2, -0.15) is 22.0 Å². The van der Waals surface area contributed by atoms with Gasteiger partial charge in [0.2, 0.25) is 0 Å². The van der Waals surface area contributed by atoms with Crippen LogP contribution in [0.5, 0.6) is 0 Å². The van der Waals surface area contributed by atoms with Crippen molar-refractivity contribution in [3.63, 3.8) is 0 Å². The minimum Gasteiger partial charge on any atom is -0.337 e. The maximum Gasteiger partial charge on any atom is 0.373 e. The van der Waals surface area contributed by atoms with Crippen LogP contribution in [-0.4, -0.2) is 30.2 Å². The van der Waals surface area contributed by atoms with Crippen molar-refractivity contribution >= 4 is 0 Å². The monoisotopic (exact) mass is 320 g/mol. The molecule has 0 aliphatic heterocycles. The second-order valence-corrected chi connectivity index (χ2v) is 3.38. The lowest BCUT2D eigenvalue weighted by molar-refractivity contribution is -0.398. The molecule has 0 spiro atoms. The minimum absolute atomic E-state index is 0. The predicted molar refractivity (Wildman–Crippen MR) is 68.6 cm³/mol. The lowest BCUT2D eigenvalue weighted by Gasteiger charge is -2.39. The Kier molecular flexibility index (Phi) is 13.8. The molecule has 20 heavy (non-hydrogen) atoms. The Morgan fingerprint density at radius 1 is 0.700 bits per heavy atom. The Morgan fingerprint density at radius 3 is 1.15 bits per heavy atom. The summed E-state index contributed by atoms with van der Waals surface area (Å²) in [6, 6.07) is 0. The molecule has 0 rings (SSSR count). The van der Waals surface area contributed by atoms with Gasteiger partial charge >= 0.3 is 23.6 Å². The van der Waals surface area contributed by atoms with Crippen LogP contribution in [0.15, 0.2) is 0 Å². The normalized spacial score (nSPS) is 14.7. The SMILES string of the molecule is C.C.C.C.CCOC(F)(C(C)(F)F)C(F)(F)C(C)(F)F. The van der Waals surface area contributed by atoms with E-state index in [1.807, 2.05) is 0 Å². The minimum atomic E-state index is -5.64. The Bertz CT molecular complexity index is 245. The molecular weight excluding hydrogens is 293 g/mol.